The molecule has 0 aliphatic heterocycles. The first-order chi connectivity index (χ1) is 16.8. The standard InChI is InChI=1S/C25H26F3N5OS/c1-17-7-11-19(12-8-17)23-31-32-24(33(23)21-5-3-2-4-6-21)35-16-22(34)30-29-15-18-9-13-20(14-10-18)25(26,27)28/h7-15,21H,2-6,16H2,1H3,(H,30,34). The van der Waals surface area contributed by atoms with Gasteiger partial charge in [-0.15, -0.1) is 10.2 Å². The van der Waals surface area contributed by atoms with Gasteiger partial charge in [0.15, 0.2) is 11.0 Å². The smallest absolute Gasteiger partial charge is 0.299 e. The molecule has 1 N–H and O–H groups in total. The zero-order valence-electron chi connectivity index (χ0n) is 19.3. The minimum atomic E-state index is -4.39. The molecule has 0 spiro atoms. The van der Waals surface area contributed by atoms with E-state index in [9.17, 15) is 18.0 Å². The molecule has 0 bridgehead atoms. The number of nitrogens with zero attached hydrogens (tertiary/aromatic N) is 4. The highest BCUT2D eigenvalue weighted by Crippen LogP contribution is 2.35. The van der Waals surface area contributed by atoms with Crippen LogP contribution in [0.5, 0.6) is 0 Å². The van der Waals surface area contributed by atoms with Crippen LogP contribution in [0.25, 0.3) is 11.4 Å². The summed E-state index contributed by atoms with van der Waals surface area (Å²) in [4.78, 5) is 12.3. The Morgan fingerprint density at radius 2 is 1.77 bits per heavy atom. The van der Waals surface area contributed by atoms with Crippen LogP contribution in [-0.4, -0.2) is 32.6 Å². The number of hydrogen-bond acceptors (Lipinski definition) is 5. The molecule has 1 aliphatic carbocycles. The summed E-state index contributed by atoms with van der Waals surface area (Å²) in [6, 6.07) is 13.0. The highest BCUT2D eigenvalue weighted by molar-refractivity contribution is 7.99. The fourth-order valence-corrected chi connectivity index (χ4v) is 4.84. The molecule has 35 heavy (non-hydrogen) atoms. The molecule has 0 atom stereocenters. The molecular formula is C25H26F3N5OS. The summed E-state index contributed by atoms with van der Waals surface area (Å²) in [6.07, 6.45) is 2.54. The molecule has 2 aromatic carbocycles. The van der Waals surface area contributed by atoms with E-state index in [0.29, 0.717) is 16.8 Å². The van der Waals surface area contributed by atoms with Gasteiger partial charge in [0.05, 0.1) is 17.5 Å². The quantitative estimate of drug-likeness (QED) is 0.244. The highest BCUT2D eigenvalue weighted by Gasteiger charge is 2.30. The third kappa shape index (κ3) is 6.50. The monoisotopic (exact) mass is 501 g/mol. The van der Waals surface area contributed by atoms with Gasteiger partial charge in [-0.05, 0) is 37.5 Å². The van der Waals surface area contributed by atoms with E-state index < -0.39 is 11.7 Å². The van der Waals surface area contributed by atoms with Gasteiger partial charge in [0.1, 0.15) is 0 Å². The Morgan fingerprint density at radius 3 is 2.43 bits per heavy atom. The number of halogens is 3. The lowest BCUT2D eigenvalue weighted by molar-refractivity contribution is -0.137. The molecule has 1 fully saturated rings. The molecule has 1 saturated carbocycles. The van der Waals surface area contributed by atoms with Crippen LogP contribution in [0.4, 0.5) is 13.2 Å². The molecule has 1 amide bonds. The van der Waals surface area contributed by atoms with Crippen LogP contribution in [0.15, 0.2) is 58.8 Å². The first kappa shape index (κ1) is 25.0. The van der Waals surface area contributed by atoms with Crippen molar-refractivity contribution < 1.29 is 18.0 Å². The Kier molecular flexibility index (Phi) is 7.90. The van der Waals surface area contributed by atoms with Crippen molar-refractivity contribution >= 4 is 23.9 Å². The van der Waals surface area contributed by atoms with Gasteiger partial charge < -0.3 is 0 Å². The topological polar surface area (TPSA) is 72.2 Å². The molecule has 10 heteroatoms. The molecular weight excluding hydrogens is 475 g/mol. The van der Waals surface area contributed by atoms with Gasteiger partial charge in [-0.2, -0.15) is 18.3 Å². The minimum absolute atomic E-state index is 0.0864. The first-order valence-corrected chi connectivity index (χ1v) is 12.4. The van der Waals surface area contributed by atoms with E-state index in [2.05, 4.69) is 25.3 Å². The van der Waals surface area contributed by atoms with Crippen molar-refractivity contribution in [2.45, 2.75) is 56.4 Å². The second-order valence-electron chi connectivity index (χ2n) is 8.54. The Bertz CT molecular complexity index is 1170. The molecule has 1 aliphatic rings. The molecule has 0 unspecified atom stereocenters. The predicted molar refractivity (Wildman–Crippen MR) is 130 cm³/mol. The van der Waals surface area contributed by atoms with E-state index in [1.54, 1.807) is 0 Å². The van der Waals surface area contributed by atoms with Crippen molar-refractivity contribution in [3.8, 4) is 11.4 Å². The summed E-state index contributed by atoms with van der Waals surface area (Å²) in [5.74, 6) is 0.552. The summed E-state index contributed by atoms with van der Waals surface area (Å²) in [6.45, 7) is 2.04. The van der Waals surface area contributed by atoms with Crippen molar-refractivity contribution in [1.29, 1.82) is 0 Å². The molecule has 3 aromatic rings. The van der Waals surface area contributed by atoms with Crippen LogP contribution < -0.4 is 5.43 Å². The van der Waals surface area contributed by atoms with E-state index in [4.69, 9.17) is 0 Å². The van der Waals surface area contributed by atoms with E-state index in [1.807, 2.05) is 31.2 Å². The number of benzene rings is 2. The first-order valence-electron chi connectivity index (χ1n) is 11.4. The lowest BCUT2D eigenvalue weighted by atomic mass is 9.95. The zero-order chi connectivity index (χ0) is 24.8. The Morgan fingerprint density at radius 1 is 1.09 bits per heavy atom. The number of carbonyl (C=O) groups excluding carboxylic acids is 1. The Labute approximate surface area is 206 Å². The average molecular weight is 502 g/mol. The number of thioether (sulfide) groups is 1. The van der Waals surface area contributed by atoms with E-state index in [1.165, 1.54) is 42.1 Å². The second kappa shape index (κ2) is 11.1. The number of rotatable bonds is 7. The number of alkyl halides is 3. The highest BCUT2D eigenvalue weighted by atomic mass is 32.2. The average Bonchev–Trinajstić information content (AvgIpc) is 3.27. The van der Waals surface area contributed by atoms with Gasteiger partial charge in [-0.1, -0.05) is 73.0 Å². The number of hydrogen-bond donors (Lipinski definition) is 1. The van der Waals surface area contributed by atoms with E-state index >= 15 is 0 Å². The zero-order valence-corrected chi connectivity index (χ0v) is 20.1. The predicted octanol–water partition coefficient (Wildman–Crippen LogP) is 6.02. The largest absolute Gasteiger partial charge is 0.416 e. The van der Waals surface area contributed by atoms with Crippen LogP contribution >= 0.6 is 11.8 Å². The molecule has 0 saturated heterocycles. The normalized spacial score (nSPS) is 15.0. The Hall–Kier alpha value is -3.14. The van der Waals surface area contributed by atoms with Crippen molar-refractivity contribution in [3.05, 3.63) is 65.2 Å². The summed E-state index contributed by atoms with van der Waals surface area (Å²) in [5, 5.41) is 13.4. The molecule has 184 valence electrons. The summed E-state index contributed by atoms with van der Waals surface area (Å²) < 4.78 is 40.1. The lowest BCUT2D eigenvalue weighted by Crippen LogP contribution is -2.20. The van der Waals surface area contributed by atoms with Gasteiger partial charge in [0, 0.05) is 11.6 Å². The number of hydrazone groups is 1. The number of aryl methyl sites for hydroxylation is 1. The van der Waals surface area contributed by atoms with Gasteiger partial charge in [-0.25, -0.2) is 5.43 Å². The van der Waals surface area contributed by atoms with Gasteiger partial charge >= 0.3 is 6.18 Å². The van der Waals surface area contributed by atoms with Crippen LogP contribution in [0.3, 0.4) is 0 Å². The van der Waals surface area contributed by atoms with Gasteiger partial charge in [0.2, 0.25) is 0 Å². The molecule has 1 heterocycles. The third-order valence-corrected chi connectivity index (χ3v) is 6.83. The fraction of sp³-hybridized carbons (Fsp3) is 0.360. The SMILES string of the molecule is Cc1ccc(-c2nnc(SCC(=O)NN=Cc3ccc(C(F)(F)F)cc3)n2C2CCCCC2)cc1. The van der Waals surface area contributed by atoms with Gasteiger partial charge in [-0.3, -0.25) is 9.36 Å². The fourth-order valence-electron chi connectivity index (χ4n) is 4.04. The van der Waals surface area contributed by atoms with Crippen LogP contribution in [0.2, 0.25) is 0 Å². The second-order valence-corrected chi connectivity index (χ2v) is 9.48. The van der Waals surface area contributed by atoms with E-state index in [-0.39, 0.29) is 11.7 Å². The maximum Gasteiger partial charge on any atom is 0.416 e. The summed E-state index contributed by atoms with van der Waals surface area (Å²) in [5.41, 5.74) is 4.29. The van der Waals surface area contributed by atoms with Gasteiger partial charge in [0.25, 0.3) is 5.91 Å². The molecule has 6 nitrogen and oxygen atoms in total. The number of nitrogens with one attached hydrogen (secondary N) is 1. The maximum absolute atomic E-state index is 12.7. The lowest BCUT2D eigenvalue weighted by Gasteiger charge is -2.25. The Balaban J connectivity index is 1.41. The van der Waals surface area contributed by atoms with Crippen molar-refractivity contribution in [1.82, 2.24) is 20.2 Å². The summed E-state index contributed by atoms with van der Waals surface area (Å²) in [7, 11) is 0. The number of aromatic nitrogens is 3. The van der Waals surface area contributed by atoms with Crippen LogP contribution in [0.1, 0.15) is 54.8 Å². The maximum atomic E-state index is 12.7. The minimum Gasteiger partial charge on any atom is -0.299 e. The van der Waals surface area contributed by atoms with Crippen molar-refractivity contribution in [3.63, 3.8) is 0 Å². The van der Waals surface area contributed by atoms with Crippen molar-refractivity contribution in [2.24, 2.45) is 5.10 Å². The number of carbonyl (C=O) groups is 1. The molecule has 4 rings (SSSR count). The van der Waals surface area contributed by atoms with E-state index in [0.717, 1.165) is 49.2 Å². The molecule has 0 radical (unpaired) electrons. The molecule has 1 aromatic heterocycles. The summed E-state index contributed by atoms with van der Waals surface area (Å²) >= 11 is 1.30. The van der Waals surface area contributed by atoms with Crippen LogP contribution in [0, 0.1) is 6.92 Å². The van der Waals surface area contributed by atoms with Crippen LogP contribution in [-0.2, 0) is 11.0 Å². The van der Waals surface area contributed by atoms with Crippen molar-refractivity contribution in [2.75, 3.05) is 5.75 Å². The number of amides is 1. The third-order valence-electron chi connectivity index (χ3n) is 5.89.